The zero-order chi connectivity index (χ0) is 20.1. The number of carboxylic acid groups (broad SMARTS) is 1. The smallest absolute Gasteiger partial charge is 0.339 e. The van der Waals surface area contributed by atoms with E-state index in [0.717, 1.165) is 11.1 Å². The van der Waals surface area contributed by atoms with Crippen LogP contribution in [0.5, 0.6) is 5.75 Å². The van der Waals surface area contributed by atoms with Gasteiger partial charge in [-0.25, -0.2) is 4.79 Å². The molecule has 6 nitrogen and oxygen atoms in total. The Morgan fingerprint density at radius 1 is 0.929 bits per heavy atom. The van der Waals surface area contributed by atoms with Gasteiger partial charge in [-0.1, -0.05) is 73.7 Å². The van der Waals surface area contributed by atoms with Gasteiger partial charge >= 0.3 is 11.7 Å². The van der Waals surface area contributed by atoms with Gasteiger partial charge in [0.25, 0.3) is 0 Å². The molecule has 0 saturated carbocycles. The van der Waals surface area contributed by atoms with Crippen molar-refractivity contribution in [1.82, 2.24) is 0 Å². The lowest BCUT2D eigenvalue weighted by Gasteiger charge is -2.26. The first-order chi connectivity index (χ1) is 13.5. The summed E-state index contributed by atoms with van der Waals surface area (Å²) in [6, 6.07) is 22.8. The van der Waals surface area contributed by atoms with Gasteiger partial charge in [0, 0.05) is 12.0 Å². The standard InChI is InChI=1S/C22H19NO5/c1-15(16-9-4-2-5-10-16)20(17-11-6-3-7-12-17)28-21-18(22(24)25)13-8-14-19(21)23(26)27/h2-15,20H,1H3,(H,24,25)/t15-,20-/m1/s1. The summed E-state index contributed by atoms with van der Waals surface area (Å²) in [6.45, 7) is 1.95. The minimum absolute atomic E-state index is 0.176. The molecule has 0 spiro atoms. The Bertz CT molecular complexity index is 940. The van der Waals surface area contributed by atoms with E-state index in [1.165, 1.54) is 18.2 Å². The summed E-state index contributed by atoms with van der Waals surface area (Å²) in [5.74, 6) is -1.69. The van der Waals surface area contributed by atoms with Crippen LogP contribution in [0.2, 0.25) is 0 Å². The lowest BCUT2D eigenvalue weighted by Crippen LogP contribution is -2.17. The molecule has 2 atom stereocenters. The van der Waals surface area contributed by atoms with Crippen molar-refractivity contribution in [3.63, 3.8) is 0 Å². The van der Waals surface area contributed by atoms with E-state index in [0.29, 0.717) is 0 Å². The maximum absolute atomic E-state index is 11.7. The molecule has 0 heterocycles. The van der Waals surface area contributed by atoms with Crippen molar-refractivity contribution in [2.24, 2.45) is 0 Å². The minimum Gasteiger partial charge on any atom is -0.478 e. The molecule has 0 aliphatic rings. The fraction of sp³-hybridized carbons (Fsp3) is 0.136. The number of para-hydroxylation sites is 1. The van der Waals surface area contributed by atoms with Gasteiger partial charge in [0.05, 0.1) is 4.92 Å². The maximum Gasteiger partial charge on any atom is 0.339 e. The fourth-order valence-corrected chi connectivity index (χ4v) is 3.12. The molecule has 0 amide bonds. The molecule has 0 aromatic heterocycles. The molecule has 3 aromatic carbocycles. The van der Waals surface area contributed by atoms with Crippen LogP contribution in [0.3, 0.4) is 0 Å². The average Bonchev–Trinajstić information content (AvgIpc) is 2.72. The lowest BCUT2D eigenvalue weighted by molar-refractivity contribution is -0.386. The number of ether oxygens (including phenoxy) is 1. The molecular formula is C22H19NO5. The van der Waals surface area contributed by atoms with Crippen LogP contribution >= 0.6 is 0 Å². The van der Waals surface area contributed by atoms with Gasteiger partial charge in [0.2, 0.25) is 5.75 Å². The van der Waals surface area contributed by atoms with Crippen LogP contribution in [0.15, 0.2) is 78.9 Å². The number of carbonyl (C=O) groups is 1. The third-order valence-electron chi connectivity index (χ3n) is 4.57. The number of rotatable bonds is 7. The van der Waals surface area contributed by atoms with Crippen molar-refractivity contribution < 1.29 is 19.6 Å². The Labute approximate surface area is 162 Å². The van der Waals surface area contributed by atoms with Crippen molar-refractivity contribution in [3.8, 4) is 5.75 Å². The summed E-state index contributed by atoms with van der Waals surface area (Å²) in [5.41, 5.74) is 1.16. The van der Waals surface area contributed by atoms with Crippen LogP contribution in [0, 0.1) is 10.1 Å². The van der Waals surface area contributed by atoms with Gasteiger partial charge < -0.3 is 9.84 Å². The van der Waals surface area contributed by atoms with Crippen LogP contribution in [0.25, 0.3) is 0 Å². The largest absolute Gasteiger partial charge is 0.478 e. The van der Waals surface area contributed by atoms with E-state index in [2.05, 4.69) is 0 Å². The molecule has 28 heavy (non-hydrogen) atoms. The molecule has 3 aromatic rings. The van der Waals surface area contributed by atoms with Crippen molar-refractivity contribution in [3.05, 3.63) is 106 Å². The van der Waals surface area contributed by atoms with E-state index in [1.54, 1.807) is 0 Å². The number of hydrogen-bond acceptors (Lipinski definition) is 4. The molecule has 142 valence electrons. The molecule has 0 unspecified atom stereocenters. The van der Waals surface area contributed by atoms with Gasteiger partial charge in [-0.05, 0) is 17.2 Å². The molecule has 1 N–H and O–H groups in total. The lowest BCUT2D eigenvalue weighted by atomic mass is 9.90. The predicted octanol–water partition coefficient (Wildman–Crippen LogP) is 5.22. The second kappa shape index (κ2) is 8.35. The second-order valence-corrected chi connectivity index (χ2v) is 6.36. The normalized spacial score (nSPS) is 12.8. The van der Waals surface area contributed by atoms with E-state index in [4.69, 9.17) is 4.74 Å². The number of hydrogen-bond donors (Lipinski definition) is 1. The van der Waals surface area contributed by atoms with Crippen LogP contribution in [-0.2, 0) is 0 Å². The van der Waals surface area contributed by atoms with Gasteiger partial charge in [0.1, 0.15) is 11.7 Å². The number of aromatic carboxylic acids is 1. The Morgan fingerprint density at radius 3 is 2.04 bits per heavy atom. The van der Waals surface area contributed by atoms with E-state index in [1.807, 2.05) is 67.6 Å². The zero-order valence-electron chi connectivity index (χ0n) is 15.2. The van der Waals surface area contributed by atoms with E-state index in [-0.39, 0.29) is 22.9 Å². The Morgan fingerprint density at radius 2 is 1.50 bits per heavy atom. The van der Waals surface area contributed by atoms with Crippen molar-refractivity contribution >= 4 is 11.7 Å². The van der Waals surface area contributed by atoms with Crippen LogP contribution in [0.4, 0.5) is 5.69 Å². The number of nitro groups is 1. The predicted molar refractivity (Wildman–Crippen MR) is 105 cm³/mol. The molecule has 6 heteroatoms. The fourth-order valence-electron chi connectivity index (χ4n) is 3.12. The van der Waals surface area contributed by atoms with Crippen LogP contribution < -0.4 is 4.74 Å². The number of benzene rings is 3. The SMILES string of the molecule is C[C@H](c1ccccc1)[C@@H](Oc1c(C(=O)O)cccc1[N+](=O)[O-])c1ccccc1. The molecule has 0 aliphatic carbocycles. The number of nitrogens with zero attached hydrogens (tertiary/aromatic N) is 1. The Hall–Kier alpha value is -3.67. The van der Waals surface area contributed by atoms with Crippen molar-refractivity contribution in [2.45, 2.75) is 18.9 Å². The topological polar surface area (TPSA) is 89.7 Å². The van der Waals surface area contributed by atoms with Crippen LogP contribution in [-0.4, -0.2) is 16.0 Å². The first kappa shape index (κ1) is 19.1. The second-order valence-electron chi connectivity index (χ2n) is 6.36. The minimum atomic E-state index is -1.28. The van der Waals surface area contributed by atoms with E-state index in [9.17, 15) is 20.0 Å². The summed E-state index contributed by atoms with van der Waals surface area (Å²) in [4.78, 5) is 22.5. The van der Waals surface area contributed by atoms with Gasteiger partial charge in [0.15, 0.2) is 0 Å². The third-order valence-corrected chi connectivity index (χ3v) is 4.57. The molecule has 0 bridgehead atoms. The van der Waals surface area contributed by atoms with Gasteiger partial charge in [-0.2, -0.15) is 0 Å². The highest BCUT2D eigenvalue weighted by Crippen LogP contribution is 2.40. The molecule has 0 fully saturated rings. The first-order valence-corrected chi connectivity index (χ1v) is 8.76. The highest BCUT2D eigenvalue weighted by molar-refractivity contribution is 5.92. The summed E-state index contributed by atoms with van der Waals surface area (Å²) in [6.07, 6.45) is -0.609. The first-order valence-electron chi connectivity index (χ1n) is 8.76. The Balaban J connectivity index is 2.11. The quantitative estimate of drug-likeness (QED) is 0.450. The zero-order valence-corrected chi connectivity index (χ0v) is 15.2. The molecule has 0 radical (unpaired) electrons. The molecule has 3 rings (SSSR count). The van der Waals surface area contributed by atoms with Crippen molar-refractivity contribution in [1.29, 1.82) is 0 Å². The molecular weight excluding hydrogens is 358 g/mol. The summed E-state index contributed by atoms with van der Waals surface area (Å²) in [5, 5.41) is 21.0. The summed E-state index contributed by atoms with van der Waals surface area (Å²) in [7, 11) is 0. The highest BCUT2D eigenvalue weighted by atomic mass is 16.6. The third kappa shape index (κ3) is 4.01. The molecule has 0 saturated heterocycles. The van der Waals surface area contributed by atoms with Crippen LogP contribution in [0.1, 0.15) is 40.4 Å². The van der Waals surface area contributed by atoms with Gasteiger partial charge in [-0.15, -0.1) is 0 Å². The summed E-state index contributed by atoms with van der Waals surface area (Å²) >= 11 is 0. The highest BCUT2D eigenvalue weighted by Gasteiger charge is 2.29. The number of nitro benzene ring substituents is 1. The Kier molecular flexibility index (Phi) is 5.69. The van der Waals surface area contributed by atoms with Gasteiger partial charge in [-0.3, -0.25) is 10.1 Å². The maximum atomic E-state index is 11.7. The molecule has 0 aliphatic heterocycles. The van der Waals surface area contributed by atoms with E-state index >= 15 is 0 Å². The monoisotopic (exact) mass is 377 g/mol. The average molecular weight is 377 g/mol. The number of carboxylic acids is 1. The van der Waals surface area contributed by atoms with E-state index < -0.39 is 17.0 Å². The summed E-state index contributed by atoms with van der Waals surface area (Å²) < 4.78 is 6.08. The van der Waals surface area contributed by atoms with Crippen molar-refractivity contribution in [2.75, 3.05) is 0 Å².